The highest BCUT2D eigenvalue weighted by Gasteiger charge is 2.24. The lowest BCUT2D eigenvalue weighted by molar-refractivity contribution is -0.139. The van der Waals surface area contributed by atoms with Gasteiger partial charge in [0.1, 0.15) is 11.6 Å². The topological polar surface area (TPSA) is 104 Å². The van der Waals surface area contributed by atoms with E-state index < -0.39 is 23.7 Å². The van der Waals surface area contributed by atoms with Gasteiger partial charge >= 0.3 is 12.1 Å². The number of benzene rings is 1. The van der Waals surface area contributed by atoms with Crippen LogP contribution in [0.1, 0.15) is 26.3 Å². The molecular weight excluding hydrogens is 286 g/mol. The van der Waals surface area contributed by atoms with Crippen LogP contribution in [-0.4, -0.2) is 39.0 Å². The minimum Gasteiger partial charge on any atom is -0.480 e. The number of aliphatic carboxylic acids is 1. The molecule has 7 nitrogen and oxygen atoms in total. The fourth-order valence-corrected chi connectivity index (χ4v) is 2.00. The quantitative estimate of drug-likeness (QED) is 0.802. The van der Waals surface area contributed by atoms with Gasteiger partial charge in [0.05, 0.1) is 11.7 Å². The predicted molar refractivity (Wildman–Crippen MR) is 80.6 cm³/mol. The summed E-state index contributed by atoms with van der Waals surface area (Å²) in [6, 6.07) is 4.40. The third kappa shape index (κ3) is 4.21. The fraction of sp³-hybridized carbons (Fsp3) is 0.400. The van der Waals surface area contributed by atoms with Crippen molar-refractivity contribution in [2.75, 3.05) is 0 Å². The molecule has 0 aliphatic heterocycles. The van der Waals surface area contributed by atoms with Crippen LogP contribution in [0.3, 0.4) is 0 Å². The minimum atomic E-state index is -1.11. The number of aromatic amines is 1. The van der Waals surface area contributed by atoms with E-state index in [0.717, 1.165) is 16.5 Å². The first-order chi connectivity index (χ1) is 10.2. The monoisotopic (exact) mass is 305 g/mol. The Hall–Kier alpha value is -2.57. The SMILES string of the molecule is CC(C)(C)OC(=O)NC(Cc1ccc2[nH]ncc2c1)C(=O)O. The van der Waals surface area contributed by atoms with Crippen LogP contribution < -0.4 is 5.32 Å². The van der Waals surface area contributed by atoms with Gasteiger partial charge in [-0.25, -0.2) is 9.59 Å². The molecule has 0 bridgehead atoms. The molecule has 3 N–H and O–H groups in total. The van der Waals surface area contributed by atoms with Gasteiger partial charge in [-0.2, -0.15) is 5.10 Å². The summed E-state index contributed by atoms with van der Waals surface area (Å²) < 4.78 is 5.09. The van der Waals surface area contributed by atoms with Crippen molar-refractivity contribution in [2.24, 2.45) is 0 Å². The maximum atomic E-state index is 11.7. The molecule has 1 aromatic carbocycles. The Bertz CT molecular complexity index is 687. The summed E-state index contributed by atoms with van der Waals surface area (Å²) in [4.78, 5) is 23.1. The van der Waals surface area contributed by atoms with E-state index in [1.807, 2.05) is 12.1 Å². The van der Waals surface area contributed by atoms with Gasteiger partial charge in [-0.15, -0.1) is 0 Å². The molecule has 0 fully saturated rings. The van der Waals surface area contributed by atoms with Gasteiger partial charge in [0.2, 0.25) is 0 Å². The second kappa shape index (κ2) is 6.05. The summed E-state index contributed by atoms with van der Waals surface area (Å²) in [5, 5.41) is 19.3. The number of hydrogen-bond acceptors (Lipinski definition) is 4. The van der Waals surface area contributed by atoms with E-state index >= 15 is 0 Å². The number of amides is 1. The van der Waals surface area contributed by atoms with Crippen LogP contribution in [0.4, 0.5) is 4.79 Å². The first-order valence-corrected chi connectivity index (χ1v) is 6.89. The van der Waals surface area contributed by atoms with Gasteiger partial charge < -0.3 is 15.2 Å². The number of fused-ring (bicyclic) bond motifs is 1. The van der Waals surface area contributed by atoms with Crippen molar-refractivity contribution < 1.29 is 19.4 Å². The first kappa shape index (κ1) is 15.8. The van der Waals surface area contributed by atoms with Crippen molar-refractivity contribution in [1.82, 2.24) is 15.5 Å². The summed E-state index contributed by atoms with van der Waals surface area (Å²) in [6.07, 6.45) is 1.08. The lowest BCUT2D eigenvalue weighted by Gasteiger charge is -2.22. The number of hydrogen-bond donors (Lipinski definition) is 3. The van der Waals surface area contributed by atoms with Crippen molar-refractivity contribution >= 4 is 23.0 Å². The van der Waals surface area contributed by atoms with E-state index in [1.54, 1.807) is 33.0 Å². The van der Waals surface area contributed by atoms with Gasteiger partial charge in [-0.05, 0) is 38.5 Å². The Morgan fingerprint density at radius 3 is 2.77 bits per heavy atom. The van der Waals surface area contributed by atoms with Gasteiger partial charge in [0.15, 0.2) is 0 Å². The molecule has 0 saturated carbocycles. The molecule has 0 saturated heterocycles. The van der Waals surface area contributed by atoms with Crippen LogP contribution in [-0.2, 0) is 16.0 Å². The fourth-order valence-electron chi connectivity index (χ4n) is 2.00. The van der Waals surface area contributed by atoms with E-state index in [2.05, 4.69) is 15.5 Å². The average Bonchev–Trinajstić information content (AvgIpc) is 2.82. The van der Waals surface area contributed by atoms with Crippen molar-refractivity contribution in [3.05, 3.63) is 30.0 Å². The highest BCUT2D eigenvalue weighted by atomic mass is 16.6. The van der Waals surface area contributed by atoms with E-state index in [0.29, 0.717) is 0 Å². The van der Waals surface area contributed by atoms with Gasteiger partial charge in [0.25, 0.3) is 0 Å². The number of carbonyl (C=O) groups excluding carboxylic acids is 1. The number of aromatic nitrogens is 2. The highest BCUT2D eigenvalue weighted by molar-refractivity contribution is 5.81. The average molecular weight is 305 g/mol. The Morgan fingerprint density at radius 2 is 2.14 bits per heavy atom. The Balaban J connectivity index is 2.08. The Morgan fingerprint density at radius 1 is 1.41 bits per heavy atom. The number of carbonyl (C=O) groups is 2. The van der Waals surface area contributed by atoms with Crippen molar-refractivity contribution in [1.29, 1.82) is 0 Å². The zero-order valence-electron chi connectivity index (χ0n) is 12.7. The van der Waals surface area contributed by atoms with Crippen molar-refractivity contribution in [2.45, 2.75) is 38.8 Å². The lowest BCUT2D eigenvalue weighted by atomic mass is 10.0. The molecule has 0 aliphatic rings. The molecule has 2 rings (SSSR count). The van der Waals surface area contributed by atoms with Crippen LogP contribution in [0, 0.1) is 0 Å². The van der Waals surface area contributed by atoms with Gasteiger partial charge in [-0.3, -0.25) is 5.10 Å². The Kier molecular flexibility index (Phi) is 4.35. The van der Waals surface area contributed by atoms with Crippen molar-refractivity contribution in [3.8, 4) is 0 Å². The van der Waals surface area contributed by atoms with Crippen LogP contribution in [0.5, 0.6) is 0 Å². The zero-order valence-corrected chi connectivity index (χ0v) is 12.7. The van der Waals surface area contributed by atoms with Crippen molar-refractivity contribution in [3.63, 3.8) is 0 Å². The number of carboxylic acid groups (broad SMARTS) is 1. The Labute approximate surface area is 127 Å². The normalized spacial score (nSPS) is 12.9. The molecule has 2 aromatic rings. The summed E-state index contributed by atoms with van der Waals surface area (Å²) in [5.41, 5.74) is 0.983. The number of nitrogens with zero attached hydrogens (tertiary/aromatic N) is 1. The smallest absolute Gasteiger partial charge is 0.408 e. The van der Waals surface area contributed by atoms with E-state index in [9.17, 15) is 14.7 Å². The highest BCUT2D eigenvalue weighted by Crippen LogP contribution is 2.15. The molecule has 1 unspecified atom stereocenters. The summed E-state index contributed by atoms with van der Waals surface area (Å²) in [7, 11) is 0. The minimum absolute atomic E-state index is 0.162. The molecule has 0 spiro atoms. The standard InChI is InChI=1S/C15H19N3O4/c1-15(2,3)22-14(21)17-12(13(19)20)7-9-4-5-11-10(6-9)8-16-18-11/h4-6,8,12H,7H2,1-3H3,(H,16,18)(H,17,21)(H,19,20). The molecule has 22 heavy (non-hydrogen) atoms. The summed E-state index contributed by atoms with van der Waals surface area (Å²) in [6.45, 7) is 5.15. The van der Waals surface area contributed by atoms with E-state index in [-0.39, 0.29) is 6.42 Å². The molecule has 1 atom stereocenters. The largest absolute Gasteiger partial charge is 0.480 e. The number of H-pyrrole nitrogens is 1. The van der Waals surface area contributed by atoms with Crippen LogP contribution in [0.15, 0.2) is 24.4 Å². The third-order valence-electron chi connectivity index (χ3n) is 2.93. The molecular formula is C15H19N3O4. The lowest BCUT2D eigenvalue weighted by Crippen LogP contribution is -2.44. The van der Waals surface area contributed by atoms with Crippen LogP contribution in [0.2, 0.25) is 0 Å². The molecule has 1 amide bonds. The molecule has 118 valence electrons. The molecule has 1 aromatic heterocycles. The molecule has 0 aliphatic carbocycles. The molecule has 0 radical (unpaired) electrons. The molecule has 7 heteroatoms. The number of alkyl carbamates (subject to hydrolysis) is 1. The number of rotatable bonds is 4. The third-order valence-corrected chi connectivity index (χ3v) is 2.93. The summed E-state index contributed by atoms with van der Waals surface area (Å²) >= 11 is 0. The van der Waals surface area contributed by atoms with Crippen LogP contribution in [0.25, 0.3) is 10.9 Å². The van der Waals surface area contributed by atoms with Crippen LogP contribution >= 0.6 is 0 Å². The number of ether oxygens (including phenoxy) is 1. The second-order valence-corrected chi connectivity index (χ2v) is 6.03. The van der Waals surface area contributed by atoms with E-state index in [4.69, 9.17) is 4.74 Å². The maximum Gasteiger partial charge on any atom is 0.408 e. The van der Waals surface area contributed by atoms with Gasteiger partial charge in [-0.1, -0.05) is 6.07 Å². The summed E-state index contributed by atoms with van der Waals surface area (Å²) in [5.74, 6) is -1.11. The first-order valence-electron chi connectivity index (χ1n) is 6.89. The number of nitrogens with one attached hydrogen (secondary N) is 2. The maximum absolute atomic E-state index is 11.7. The van der Waals surface area contributed by atoms with Gasteiger partial charge in [0, 0.05) is 11.8 Å². The van der Waals surface area contributed by atoms with E-state index in [1.165, 1.54) is 0 Å². The zero-order chi connectivity index (χ0) is 16.3. The molecule has 1 heterocycles. The second-order valence-electron chi connectivity index (χ2n) is 6.03. The number of carboxylic acids is 1. The predicted octanol–water partition coefficient (Wildman–Crippen LogP) is 2.08.